The Labute approximate surface area is 298 Å². The number of likely N-dealkylation sites (tertiary alicyclic amines) is 1. The van der Waals surface area contributed by atoms with Gasteiger partial charge < -0.3 is 14.5 Å². The number of nitrogens with zero attached hydrogens (tertiary/aromatic N) is 7. The number of aromatic amines is 1. The molecule has 3 aliphatic heterocycles. The van der Waals surface area contributed by atoms with E-state index in [1.807, 2.05) is 66.1 Å². The smallest absolute Gasteiger partial charge is 0.237 e. The largest absolute Gasteiger partial charge is 0.475 e. The van der Waals surface area contributed by atoms with E-state index in [2.05, 4.69) is 54.9 Å². The highest BCUT2D eigenvalue weighted by Gasteiger charge is 2.51. The van der Waals surface area contributed by atoms with Gasteiger partial charge in [-0.05, 0) is 75.1 Å². The normalized spacial score (nSPS) is 20.0. The number of allylic oxidation sites excluding steroid dienone is 1. The first kappa shape index (κ1) is 34.0. The van der Waals surface area contributed by atoms with E-state index in [1.165, 1.54) is 5.57 Å². The van der Waals surface area contributed by atoms with Crippen molar-refractivity contribution < 1.29 is 14.3 Å². The minimum Gasteiger partial charge on any atom is -0.475 e. The van der Waals surface area contributed by atoms with Crippen LogP contribution in [0.3, 0.4) is 0 Å². The molecule has 1 N–H and O–H groups in total. The summed E-state index contributed by atoms with van der Waals surface area (Å²) >= 11 is 0. The Morgan fingerprint density at radius 1 is 1.08 bits per heavy atom. The van der Waals surface area contributed by atoms with Gasteiger partial charge in [0.2, 0.25) is 17.7 Å². The molecule has 7 rings (SSSR count). The summed E-state index contributed by atoms with van der Waals surface area (Å²) < 4.78 is 5.70. The Kier molecular flexibility index (Phi) is 9.64. The lowest BCUT2D eigenvalue weighted by atomic mass is 9.85. The number of fused-ring (bicyclic) bond motifs is 1. The standard InChI is InChI=1S/C40H44N8O3/c1-5-18-42-38(41-4)30-8-6-28(7-9-30)29-14-19-47(20-15-29)36(49)25-46-21-16-40(26-46)17-22-48(39(40)50)32-11-12-34-33(23-32)37(45-44-34)31-10-13-35(43-24-31)51-27(2)3/h5-14,18,23-24,27H,1,15-17,19-22,25-26H2,2-4H3,(H,44,45)/t40-/m0/s1. The average molecular weight is 685 g/mol. The minimum absolute atomic E-state index is 0.0436. The topological polar surface area (TPSA) is 119 Å². The molecule has 1 spiro atoms. The number of aliphatic imine (C=N–C) groups is 2. The molecule has 2 aromatic carbocycles. The van der Waals surface area contributed by atoms with Gasteiger partial charge >= 0.3 is 0 Å². The lowest BCUT2D eigenvalue weighted by Gasteiger charge is -2.29. The van der Waals surface area contributed by atoms with Gasteiger partial charge in [0.1, 0.15) is 5.69 Å². The molecule has 0 unspecified atom stereocenters. The number of anilines is 1. The first-order valence-electron chi connectivity index (χ1n) is 17.6. The molecule has 11 heteroatoms. The van der Waals surface area contributed by atoms with Crippen LogP contribution in [0.1, 0.15) is 44.2 Å². The summed E-state index contributed by atoms with van der Waals surface area (Å²) in [5.41, 5.74) is 6.27. The average Bonchev–Trinajstić information content (AvgIpc) is 3.85. The van der Waals surface area contributed by atoms with Crippen molar-refractivity contribution in [2.75, 3.05) is 51.2 Å². The molecular formula is C40H44N8O3. The fourth-order valence-corrected chi connectivity index (χ4v) is 7.43. The zero-order valence-electron chi connectivity index (χ0n) is 29.5. The van der Waals surface area contributed by atoms with Crippen molar-refractivity contribution in [3.63, 3.8) is 0 Å². The molecule has 262 valence electrons. The van der Waals surface area contributed by atoms with E-state index in [4.69, 9.17) is 4.74 Å². The van der Waals surface area contributed by atoms with Gasteiger partial charge in [-0.2, -0.15) is 5.10 Å². The highest BCUT2D eigenvalue weighted by atomic mass is 16.5. The Bertz CT molecular complexity index is 2030. The number of carbonyl (C=O) groups excluding carboxylic acids is 2. The molecule has 5 heterocycles. The van der Waals surface area contributed by atoms with Gasteiger partial charge in [0.15, 0.2) is 5.84 Å². The number of hydrogen-bond donors (Lipinski definition) is 1. The second kappa shape index (κ2) is 14.4. The van der Waals surface area contributed by atoms with E-state index >= 15 is 0 Å². The third-order valence-corrected chi connectivity index (χ3v) is 10.1. The van der Waals surface area contributed by atoms with E-state index in [0.29, 0.717) is 44.4 Å². The number of amides is 2. The molecule has 0 saturated carbocycles. The Balaban J connectivity index is 0.962. The number of H-pyrrole nitrogens is 1. The number of aromatic nitrogens is 3. The first-order chi connectivity index (χ1) is 24.8. The molecule has 0 aliphatic carbocycles. The molecule has 0 radical (unpaired) electrons. The predicted octanol–water partition coefficient (Wildman–Crippen LogP) is 5.79. The van der Waals surface area contributed by atoms with Crippen molar-refractivity contribution in [3.8, 4) is 17.1 Å². The molecule has 4 aromatic rings. The molecule has 0 bridgehead atoms. The lowest BCUT2D eigenvalue weighted by Crippen LogP contribution is -2.43. The van der Waals surface area contributed by atoms with Crippen LogP contribution in [0.15, 0.2) is 89.5 Å². The molecule has 2 aromatic heterocycles. The van der Waals surface area contributed by atoms with Crippen LogP contribution in [0.4, 0.5) is 5.69 Å². The van der Waals surface area contributed by atoms with Crippen molar-refractivity contribution in [2.24, 2.45) is 15.4 Å². The fourth-order valence-electron chi connectivity index (χ4n) is 7.43. The summed E-state index contributed by atoms with van der Waals surface area (Å²) in [6.45, 7) is 11.2. The quantitative estimate of drug-likeness (QED) is 0.176. The van der Waals surface area contributed by atoms with Crippen molar-refractivity contribution in [2.45, 2.75) is 39.2 Å². The Morgan fingerprint density at radius 3 is 2.59 bits per heavy atom. The van der Waals surface area contributed by atoms with Crippen molar-refractivity contribution in [1.29, 1.82) is 0 Å². The lowest BCUT2D eigenvalue weighted by molar-refractivity contribution is -0.132. The second-order valence-corrected chi connectivity index (χ2v) is 13.8. The summed E-state index contributed by atoms with van der Waals surface area (Å²) in [5.74, 6) is 1.48. The van der Waals surface area contributed by atoms with Crippen molar-refractivity contribution in [3.05, 3.63) is 90.7 Å². The molecule has 11 nitrogen and oxygen atoms in total. The van der Waals surface area contributed by atoms with Gasteiger partial charge in [-0.15, -0.1) is 0 Å². The monoisotopic (exact) mass is 684 g/mol. The number of pyridine rings is 1. The summed E-state index contributed by atoms with van der Waals surface area (Å²) in [6, 6.07) is 18.0. The van der Waals surface area contributed by atoms with E-state index in [9.17, 15) is 9.59 Å². The fraction of sp³-hybridized carbons (Fsp3) is 0.350. The molecule has 2 saturated heterocycles. The Morgan fingerprint density at radius 2 is 1.88 bits per heavy atom. The van der Waals surface area contributed by atoms with E-state index in [-0.39, 0.29) is 17.9 Å². The van der Waals surface area contributed by atoms with Crippen LogP contribution >= 0.6 is 0 Å². The van der Waals surface area contributed by atoms with E-state index in [1.54, 1.807) is 25.5 Å². The van der Waals surface area contributed by atoms with Gasteiger partial charge in [0, 0.05) is 73.9 Å². The third-order valence-electron chi connectivity index (χ3n) is 10.1. The van der Waals surface area contributed by atoms with Crippen molar-refractivity contribution >= 4 is 46.0 Å². The maximum atomic E-state index is 14.0. The third kappa shape index (κ3) is 6.98. The van der Waals surface area contributed by atoms with Gasteiger partial charge in [-0.3, -0.25) is 24.6 Å². The van der Waals surface area contributed by atoms with Crippen LogP contribution in [0, 0.1) is 5.41 Å². The highest BCUT2D eigenvalue weighted by molar-refractivity contribution is 6.04. The molecule has 3 aliphatic rings. The molecule has 1 atom stereocenters. The molecule has 2 amide bonds. The summed E-state index contributed by atoms with van der Waals surface area (Å²) in [5, 5.41) is 8.61. The molecule has 51 heavy (non-hydrogen) atoms. The van der Waals surface area contributed by atoms with Gasteiger partial charge in [0.05, 0.1) is 23.6 Å². The number of carbonyl (C=O) groups is 2. The van der Waals surface area contributed by atoms with Crippen LogP contribution in [-0.2, 0) is 9.59 Å². The van der Waals surface area contributed by atoms with Crippen LogP contribution in [0.25, 0.3) is 27.7 Å². The van der Waals surface area contributed by atoms with Crippen molar-refractivity contribution in [1.82, 2.24) is 25.0 Å². The van der Waals surface area contributed by atoms with Crippen LogP contribution < -0.4 is 9.64 Å². The van der Waals surface area contributed by atoms with E-state index < -0.39 is 5.41 Å². The van der Waals surface area contributed by atoms with E-state index in [0.717, 1.165) is 64.8 Å². The van der Waals surface area contributed by atoms with Crippen LogP contribution in [0.2, 0.25) is 0 Å². The molecular weight excluding hydrogens is 640 g/mol. The minimum atomic E-state index is -0.467. The molecule has 2 fully saturated rings. The second-order valence-electron chi connectivity index (χ2n) is 13.8. The maximum absolute atomic E-state index is 14.0. The highest BCUT2D eigenvalue weighted by Crippen LogP contribution is 2.43. The number of hydrogen-bond acceptors (Lipinski definition) is 7. The first-order valence-corrected chi connectivity index (χ1v) is 17.6. The number of benzene rings is 2. The maximum Gasteiger partial charge on any atom is 0.237 e. The number of rotatable bonds is 9. The summed E-state index contributed by atoms with van der Waals surface area (Å²) in [6.07, 6.45) is 9.56. The van der Waals surface area contributed by atoms with Gasteiger partial charge in [-0.25, -0.2) is 9.98 Å². The Hall–Kier alpha value is -5.42. The number of amidine groups is 1. The summed E-state index contributed by atoms with van der Waals surface area (Å²) in [7, 11) is 1.73. The van der Waals surface area contributed by atoms with Crippen LogP contribution in [0.5, 0.6) is 5.88 Å². The number of nitrogens with one attached hydrogen (secondary N) is 1. The summed E-state index contributed by atoms with van der Waals surface area (Å²) in [4.78, 5) is 46.5. The van der Waals surface area contributed by atoms with Gasteiger partial charge in [-0.1, -0.05) is 43.0 Å². The SMILES string of the molecule is C=CC=NC(=NC)c1ccc(C2=CCN(C(=O)CN3CC[C@]4(CCN(c5ccc6[nH]nc(-c7ccc(OC(C)C)nc7)c6c5)C4=O)C3)CC2)cc1. The predicted molar refractivity (Wildman–Crippen MR) is 202 cm³/mol. The van der Waals surface area contributed by atoms with Crippen LogP contribution in [-0.4, -0.2) is 101 Å². The van der Waals surface area contributed by atoms with Gasteiger partial charge in [0.25, 0.3) is 0 Å². The number of ether oxygens (including phenoxy) is 1. The zero-order valence-corrected chi connectivity index (χ0v) is 29.5. The zero-order chi connectivity index (χ0) is 35.5.